The molecule has 1 heterocycles. The van der Waals surface area contributed by atoms with Crippen molar-refractivity contribution in [3.63, 3.8) is 0 Å². The van der Waals surface area contributed by atoms with E-state index in [0.717, 1.165) is 24.1 Å². The van der Waals surface area contributed by atoms with Crippen LogP contribution >= 0.6 is 0 Å². The number of hydrogen-bond acceptors (Lipinski definition) is 3. The summed E-state index contributed by atoms with van der Waals surface area (Å²) in [5.74, 6) is 0.428. The molecule has 1 aromatic heterocycles. The summed E-state index contributed by atoms with van der Waals surface area (Å²) in [6, 6.07) is 6.39. The molecule has 0 spiro atoms. The molecule has 4 heteroatoms. The molecule has 2 rings (SSSR count). The number of aryl methyl sites for hydroxylation is 1. The van der Waals surface area contributed by atoms with Crippen molar-refractivity contribution in [3.8, 4) is 0 Å². The highest BCUT2D eigenvalue weighted by molar-refractivity contribution is 5.25. The Labute approximate surface area is 112 Å². The predicted octanol–water partition coefficient (Wildman–Crippen LogP) is 3.01. The second-order valence-electron chi connectivity index (χ2n) is 4.56. The molecule has 1 atom stereocenters. The number of nitrogens with zero attached hydrogens (tertiary/aromatic N) is 2. The summed E-state index contributed by atoms with van der Waals surface area (Å²) < 4.78 is 13.4. The van der Waals surface area contributed by atoms with Gasteiger partial charge < -0.3 is 5.32 Å². The molecule has 0 saturated carbocycles. The number of halogens is 1. The smallest absolute Gasteiger partial charge is 0.149 e. The minimum atomic E-state index is -0.243. The molecule has 1 N–H and O–H groups in total. The van der Waals surface area contributed by atoms with E-state index < -0.39 is 0 Å². The quantitative estimate of drug-likeness (QED) is 0.897. The molecule has 0 saturated heterocycles. The van der Waals surface area contributed by atoms with Crippen LogP contribution in [0.15, 0.2) is 36.7 Å². The SMILES string of the molecule is CCCNC(c1cccc(F)c1)c1ncc(C)cn1. The molecule has 100 valence electrons. The zero-order valence-electron chi connectivity index (χ0n) is 11.2. The van der Waals surface area contributed by atoms with Gasteiger partial charge in [0, 0.05) is 12.4 Å². The molecule has 1 unspecified atom stereocenters. The average molecular weight is 259 g/mol. The van der Waals surface area contributed by atoms with Gasteiger partial charge in [0.2, 0.25) is 0 Å². The lowest BCUT2D eigenvalue weighted by molar-refractivity contribution is 0.563. The van der Waals surface area contributed by atoms with Gasteiger partial charge in [0.05, 0.1) is 6.04 Å². The summed E-state index contributed by atoms with van der Waals surface area (Å²) in [6.45, 7) is 4.87. The third kappa shape index (κ3) is 3.58. The first-order chi connectivity index (χ1) is 9.20. The van der Waals surface area contributed by atoms with Gasteiger partial charge in [-0.05, 0) is 43.1 Å². The minimum Gasteiger partial charge on any atom is -0.304 e. The Bertz CT molecular complexity index is 525. The maximum Gasteiger partial charge on any atom is 0.149 e. The number of nitrogens with one attached hydrogen (secondary N) is 1. The van der Waals surface area contributed by atoms with Crippen molar-refractivity contribution in [2.45, 2.75) is 26.3 Å². The van der Waals surface area contributed by atoms with Crippen LogP contribution in [0.25, 0.3) is 0 Å². The maximum absolute atomic E-state index is 13.4. The summed E-state index contributed by atoms with van der Waals surface area (Å²) in [5, 5.41) is 3.36. The van der Waals surface area contributed by atoms with Crippen LogP contribution < -0.4 is 5.32 Å². The third-order valence-corrected chi connectivity index (χ3v) is 2.84. The highest BCUT2D eigenvalue weighted by Crippen LogP contribution is 2.19. The molecular formula is C15H18FN3. The van der Waals surface area contributed by atoms with Crippen molar-refractivity contribution in [1.82, 2.24) is 15.3 Å². The summed E-state index contributed by atoms with van der Waals surface area (Å²) in [6.07, 6.45) is 4.56. The second-order valence-corrected chi connectivity index (χ2v) is 4.56. The molecule has 0 aliphatic rings. The van der Waals surface area contributed by atoms with Crippen molar-refractivity contribution in [2.24, 2.45) is 0 Å². The van der Waals surface area contributed by atoms with E-state index in [0.29, 0.717) is 5.82 Å². The summed E-state index contributed by atoms with van der Waals surface area (Å²) in [7, 11) is 0. The van der Waals surface area contributed by atoms with Crippen LogP contribution in [0, 0.1) is 12.7 Å². The van der Waals surface area contributed by atoms with Gasteiger partial charge >= 0.3 is 0 Å². The Balaban J connectivity index is 2.32. The van der Waals surface area contributed by atoms with Crippen molar-refractivity contribution >= 4 is 0 Å². The minimum absolute atomic E-state index is 0.170. The van der Waals surface area contributed by atoms with E-state index in [2.05, 4.69) is 22.2 Å². The summed E-state index contributed by atoms with van der Waals surface area (Å²) >= 11 is 0. The Kier molecular flexibility index (Phi) is 4.58. The lowest BCUT2D eigenvalue weighted by atomic mass is 10.1. The lowest BCUT2D eigenvalue weighted by Crippen LogP contribution is -2.25. The molecule has 0 amide bonds. The van der Waals surface area contributed by atoms with Gasteiger partial charge in [-0.25, -0.2) is 14.4 Å². The molecule has 3 nitrogen and oxygen atoms in total. The molecular weight excluding hydrogens is 241 g/mol. The summed E-state index contributed by atoms with van der Waals surface area (Å²) in [5.41, 5.74) is 1.86. The van der Waals surface area contributed by atoms with Crippen LogP contribution in [0.4, 0.5) is 4.39 Å². The zero-order valence-corrected chi connectivity index (χ0v) is 11.2. The lowest BCUT2D eigenvalue weighted by Gasteiger charge is -2.17. The van der Waals surface area contributed by atoms with Crippen molar-refractivity contribution in [2.75, 3.05) is 6.54 Å². The van der Waals surface area contributed by atoms with E-state index >= 15 is 0 Å². The van der Waals surface area contributed by atoms with Crippen molar-refractivity contribution in [1.29, 1.82) is 0 Å². The number of hydrogen-bond donors (Lipinski definition) is 1. The van der Waals surface area contributed by atoms with Gasteiger partial charge in [0.25, 0.3) is 0 Å². The van der Waals surface area contributed by atoms with E-state index in [9.17, 15) is 4.39 Å². The van der Waals surface area contributed by atoms with Gasteiger partial charge in [-0.3, -0.25) is 0 Å². The molecule has 0 radical (unpaired) electrons. The largest absolute Gasteiger partial charge is 0.304 e. The molecule has 0 bridgehead atoms. The molecule has 19 heavy (non-hydrogen) atoms. The van der Waals surface area contributed by atoms with Crippen LogP contribution in [-0.4, -0.2) is 16.5 Å². The third-order valence-electron chi connectivity index (χ3n) is 2.84. The Morgan fingerprint density at radius 2 is 2.00 bits per heavy atom. The monoisotopic (exact) mass is 259 g/mol. The Morgan fingerprint density at radius 3 is 2.63 bits per heavy atom. The van der Waals surface area contributed by atoms with E-state index in [1.165, 1.54) is 12.1 Å². The fraction of sp³-hybridized carbons (Fsp3) is 0.333. The topological polar surface area (TPSA) is 37.8 Å². The van der Waals surface area contributed by atoms with E-state index in [-0.39, 0.29) is 11.9 Å². The van der Waals surface area contributed by atoms with Crippen LogP contribution in [0.5, 0.6) is 0 Å². The average Bonchev–Trinajstić information content (AvgIpc) is 2.41. The second kappa shape index (κ2) is 6.38. The Hall–Kier alpha value is -1.81. The van der Waals surface area contributed by atoms with Crippen LogP contribution in [0.2, 0.25) is 0 Å². The van der Waals surface area contributed by atoms with Gasteiger partial charge in [-0.15, -0.1) is 0 Å². The highest BCUT2D eigenvalue weighted by atomic mass is 19.1. The number of benzene rings is 1. The van der Waals surface area contributed by atoms with Crippen molar-refractivity contribution in [3.05, 3.63) is 59.4 Å². The van der Waals surface area contributed by atoms with Gasteiger partial charge in [0.1, 0.15) is 11.6 Å². The van der Waals surface area contributed by atoms with E-state index in [4.69, 9.17) is 0 Å². The number of rotatable bonds is 5. The highest BCUT2D eigenvalue weighted by Gasteiger charge is 2.16. The van der Waals surface area contributed by atoms with Crippen LogP contribution in [-0.2, 0) is 0 Å². The first kappa shape index (κ1) is 13.6. The van der Waals surface area contributed by atoms with E-state index in [1.807, 2.05) is 13.0 Å². The molecule has 1 aromatic carbocycles. The van der Waals surface area contributed by atoms with Crippen molar-refractivity contribution < 1.29 is 4.39 Å². The summed E-state index contributed by atoms with van der Waals surface area (Å²) in [4.78, 5) is 8.68. The van der Waals surface area contributed by atoms with E-state index in [1.54, 1.807) is 18.5 Å². The van der Waals surface area contributed by atoms with Crippen LogP contribution in [0.1, 0.15) is 36.3 Å². The maximum atomic E-state index is 13.4. The fourth-order valence-corrected chi connectivity index (χ4v) is 1.88. The standard InChI is InChI=1S/C15H18FN3/c1-3-7-17-14(12-5-4-6-13(16)8-12)15-18-9-11(2)10-19-15/h4-6,8-10,14,17H,3,7H2,1-2H3. The number of aromatic nitrogens is 2. The van der Waals surface area contributed by atoms with Crippen LogP contribution in [0.3, 0.4) is 0 Å². The predicted molar refractivity (Wildman–Crippen MR) is 73.3 cm³/mol. The first-order valence-corrected chi connectivity index (χ1v) is 6.48. The molecule has 0 aliphatic heterocycles. The van der Waals surface area contributed by atoms with Gasteiger partial charge in [0.15, 0.2) is 0 Å². The molecule has 0 aliphatic carbocycles. The Morgan fingerprint density at radius 1 is 1.26 bits per heavy atom. The fourth-order valence-electron chi connectivity index (χ4n) is 1.88. The first-order valence-electron chi connectivity index (χ1n) is 6.48. The molecule has 2 aromatic rings. The van der Waals surface area contributed by atoms with Gasteiger partial charge in [-0.2, -0.15) is 0 Å². The van der Waals surface area contributed by atoms with Gasteiger partial charge in [-0.1, -0.05) is 19.1 Å². The normalized spacial score (nSPS) is 12.4. The molecule has 0 fully saturated rings. The zero-order chi connectivity index (χ0) is 13.7.